The van der Waals surface area contributed by atoms with Gasteiger partial charge in [-0.3, -0.25) is 9.78 Å². The van der Waals surface area contributed by atoms with Gasteiger partial charge >= 0.3 is 5.97 Å². The Morgan fingerprint density at radius 3 is 2.71 bits per heavy atom. The molecule has 0 fully saturated rings. The molecule has 0 saturated carbocycles. The van der Waals surface area contributed by atoms with Crippen molar-refractivity contribution in [2.24, 2.45) is 11.1 Å². The van der Waals surface area contributed by atoms with Crippen LogP contribution < -0.4 is 10.5 Å². The summed E-state index contributed by atoms with van der Waals surface area (Å²) in [5.41, 5.74) is 5.40. The minimum atomic E-state index is -0.907. The molecule has 94 valence electrons. The normalized spacial score (nSPS) is 11.2. The van der Waals surface area contributed by atoms with E-state index in [0.29, 0.717) is 12.3 Å². The van der Waals surface area contributed by atoms with Gasteiger partial charge in [-0.1, -0.05) is 0 Å². The zero-order valence-corrected chi connectivity index (χ0v) is 10.1. The third-order valence-corrected chi connectivity index (χ3v) is 2.38. The number of carboxylic acids is 1. The van der Waals surface area contributed by atoms with E-state index in [1.54, 1.807) is 26.1 Å². The molecule has 0 amide bonds. The minimum Gasteiger partial charge on any atom is -0.491 e. The predicted octanol–water partition coefficient (Wildman–Crippen LogP) is 1.07. The van der Waals surface area contributed by atoms with Crippen LogP contribution in [0.3, 0.4) is 0 Å². The molecule has 0 saturated heterocycles. The van der Waals surface area contributed by atoms with E-state index in [0.717, 1.165) is 12.1 Å². The number of nitrogens with two attached hydrogens (primary N) is 1. The number of carboxylic acid groups (broad SMARTS) is 1. The zero-order valence-electron chi connectivity index (χ0n) is 10.1. The van der Waals surface area contributed by atoms with Gasteiger partial charge in [0, 0.05) is 12.1 Å². The number of hydrogen-bond acceptors (Lipinski definition) is 4. The molecule has 1 aromatic rings. The minimum absolute atomic E-state index is 0.111. The Bertz CT molecular complexity index is 374. The van der Waals surface area contributed by atoms with Gasteiger partial charge in [-0.05, 0) is 32.5 Å². The van der Waals surface area contributed by atoms with E-state index in [-0.39, 0.29) is 6.61 Å². The van der Waals surface area contributed by atoms with E-state index in [1.807, 2.05) is 6.07 Å². The van der Waals surface area contributed by atoms with Crippen LogP contribution in [0.1, 0.15) is 19.5 Å². The molecule has 5 heteroatoms. The van der Waals surface area contributed by atoms with Crippen molar-refractivity contribution >= 4 is 5.97 Å². The molecule has 0 aliphatic carbocycles. The van der Waals surface area contributed by atoms with Gasteiger partial charge in [-0.2, -0.15) is 0 Å². The first-order valence-corrected chi connectivity index (χ1v) is 5.47. The van der Waals surface area contributed by atoms with Crippen molar-refractivity contribution in [2.45, 2.75) is 20.3 Å². The van der Waals surface area contributed by atoms with Crippen molar-refractivity contribution in [3.8, 4) is 5.75 Å². The monoisotopic (exact) mass is 238 g/mol. The lowest BCUT2D eigenvalue weighted by Gasteiger charge is -2.19. The molecular formula is C12H18N2O3. The Kier molecular flexibility index (Phi) is 4.45. The van der Waals surface area contributed by atoms with E-state index >= 15 is 0 Å². The fraction of sp³-hybridized carbons (Fsp3) is 0.500. The van der Waals surface area contributed by atoms with Gasteiger partial charge in [0.05, 0.1) is 11.6 Å². The van der Waals surface area contributed by atoms with Gasteiger partial charge in [0.15, 0.2) is 0 Å². The number of ether oxygens (including phenoxy) is 1. The number of aromatic nitrogens is 1. The van der Waals surface area contributed by atoms with Crippen molar-refractivity contribution in [2.75, 3.05) is 13.2 Å². The van der Waals surface area contributed by atoms with Crippen molar-refractivity contribution < 1.29 is 14.6 Å². The average molecular weight is 238 g/mol. The largest absolute Gasteiger partial charge is 0.491 e. The van der Waals surface area contributed by atoms with Gasteiger partial charge in [0.2, 0.25) is 0 Å². The maximum Gasteiger partial charge on any atom is 0.312 e. The van der Waals surface area contributed by atoms with Crippen LogP contribution in [0.15, 0.2) is 18.3 Å². The van der Waals surface area contributed by atoms with Crippen LogP contribution in [-0.2, 0) is 11.2 Å². The summed E-state index contributed by atoms with van der Waals surface area (Å²) in [5, 5.41) is 8.92. The van der Waals surface area contributed by atoms with Crippen molar-refractivity contribution in [3.05, 3.63) is 24.0 Å². The van der Waals surface area contributed by atoms with Crippen molar-refractivity contribution in [1.82, 2.24) is 4.98 Å². The van der Waals surface area contributed by atoms with Crippen LogP contribution in [-0.4, -0.2) is 29.2 Å². The number of aliphatic carboxylic acids is 1. The van der Waals surface area contributed by atoms with Crippen LogP contribution in [0.2, 0.25) is 0 Å². The van der Waals surface area contributed by atoms with Crippen molar-refractivity contribution in [1.29, 1.82) is 0 Å². The lowest BCUT2D eigenvalue weighted by atomic mass is 9.95. The third-order valence-electron chi connectivity index (χ3n) is 2.38. The van der Waals surface area contributed by atoms with Gasteiger partial charge in [-0.25, -0.2) is 0 Å². The predicted molar refractivity (Wildman–Crippen MR) is 63.9 cm³/mol. The molecule has 0 aliphatic heterocycles. The molecule has 0 radical (unpaired) electrons. The lowest BCUT2D eigenvalue weighted by molar-refractivity contribution is -0.148. The highest BCUT2D eigenvalue weighted by atomic mass is 16.5. The summed E-state index contributed by atoms with van der Waals surface area (Å²) < 4.78 is 5.39. The fourth-order valence-electron chi connectivity index (χ4n) is 1.12. The van der Waals surface area contributed by atoms with E-state index in [9.17, 15) is 4.79 Å². The summed E-state index contributed by atoms with van der Waals surface area (Å²) in [6, 6.07) is 3.60. The molecule has 0 spiro atoms. The molecule has 1 rings (SSSR count). The fourth-order valence-corrected chi connectivity index (χ4v) is 1.12. The summed E-state index contributed by atoms with van der Waals surface area (Å²) in [6.45, 7) is 3.90. The Labute approximate surface area is 101 Å². The summed E-state index contributed by atoms with van der Waals surface area (Å²) in [6.07, 6.45) is 2.31. The smallest absolute Gasteiger partial charge is 0.312 e. The van der Waals surface area contributed by atoms with E-state index in [2.05, 4.69) is 4.98 Å². The molecule has 5 nitrogen and oxygen atoms in total. The average Bonchev–Trinajstić information content (AvgIpc) is 2.28. The Morgan fingerprint density at radius 2 is 2.24 bits per heavy atom. The van der Waals surface area contributed by atoms with Gasteiger partial charge < -0.3 is 15.6 Å². The molecule has 0 unspecified atom stereocenters. The summed E-state index contributed by atoms with van der Waals surface area (Å²) in [5.74, 6) is -0.315. The van der Waals surface area contributed by atoms with Crippen LogP contribution in [0.4, 0.5) is 0 Å². The maximum atomic E-state index is 10.9. The third kappa shape index (κ3) is 4.03. The van der Waals surface area contributed by atoms with Gasteiger partial charge in [0.1, 0.15) is 12.4 Å². The highest BCUT2D eigenvalue weighted by Crippen LogP contribution is 2.18. The molecule has 1 heterocycles. The first kappa shape index (κ1) is 13.4. The Balaban J connectivity index is 2.55. The topological polar surface area (TPSA) is 85.4 Å². The molecule has 0 aromatic carbocycles. The van der Waals surface area contributed by atoms with Crippen LogP contribution in [0, 0.1) is 5.41 Å². The summed E-state index contributed by atoms with van der Waals surface area (Å²) in [4.78, 5) is 15.0. The van der Waals surface area contributed by atoms with E-state index in [4.69, 9.17) is 15.6 Å². The Morgan fingerprint density at radius 1 is 1.53 bits per heavy atom. The maximum absolute atomic E-state index is 10.9. The molecule has 17 heavy (non-hydrogen) atoms. The number of hydrogen-bond donors (Lipinski definition) is 2. The molecular weight excluding hydrogens is 220 g/mol. The lowest BCUT2D eigenvalue weighted by Crippen LogP contribution is -2.30. The van der Waals surface area contributed by atoms with Gasteiger partial charge in [-0.15, -0.1) is 0 Å². The molecule has 0 atom stereocenters. The van der Waals surface area contributed by atoms with Crippen LogP contribution in [0.5, 0.6) is 5.75 Å². The van der Waals surface area contributed by atoms with Crippen molar-refractivity contribution in [3.63, 3.8) is 0 Å². The zero-order chi connectivity index (χ0) is 12.9. The van der Waals surface area contributed by atoms with E-state index < -0.39 is 11.4 Å². The summed E-state index contributed by atoms with van der Waals surface area (Å²) in [7, 11) is 0. The number of nitrogens with zero attached hydrogens (tertiary/aromatic N) is 1. The van der Waals surface area contributed by atoms with Crippen LogP contribution in [0.25, 0.3) is 0 Å². The number of pyridine rings is 1. The Hall–Kier alpha value is -1.62. The second-order valence-corrected chi connectivity index (χ2v) is 4.50. The molecule has 0 aliphatic rings. The standard InChI is InChI=1S/C12H18N2O3/c1-12(2,11(15)16)8-17-10-4-3-9(5-6-13)14-7-10/h3-4,7H,5-6,8,13H2,1-2H3,(H,15,16). The molecule has 1 aromatic heterocycles. The molecule has 3 N–H and O–H groups in total. The SMILES string of the molecule is CC(C)(COc1ccc(CCN)nc1)C(=O)O. The molecule has 0 bridgehead atoms. The van der Waals surface area contributed by atoms with Crippen LogP contribution >= 0.6 is 0 Å². The van der Waals surface area contributed by atoms with Gasteiger partial charge in [0.25, 0.3) is 0 Å². The quantitative estimate of drug-likeness (QED) is 0.774. The number of rotatable bonds is 6. The second-order valence-electron chi connectivity index (χ2n) is 4.50. The first-order chi connectivity index (χ1) is 7.95. The highest BCUT2D eigenvalue weighted by molar-refractivity contribution is 5.73. The highest BCUT2D eigenvalue weighted by Gasteiger charge is 2.28. The van der Waals surface area contributed by atoms with E-state index in [1.165, 1.54) is 0 Å². The number of carbonyl (C=O) groups is 1. The first-order valence-electron chi connectivity index (χ1n) is 5.47. The second kappa shape index (κ2) is 5.63. The summed E-state index contributed by atoms with van der Waals surface area (Å²) >= 11 is 0.